The van der Waals surface area contributed by atoms with Crippen LogP contribution in [0.2, 0.25) is 0 Å². The smallest absolute Gasteiger partial charge is 0.342 e. The van der Waals surface area contributed by atoms with E-state index in [-0.39, 0.29) is 4.64 Å². The average Bonchev–Trinajstić information content (AvgIpc) is 2.86. The highest BCUT2D eigenvalue weighted by Crippen LogP contribution is 2.26. The van der Waals surface area contributed by atoms with Crippen molar-refractivity contribution in [2.75, 3.05) is 7.11 Å². The third-order valence-electron chi connectivity index (χ3n) is 2.74. The van der Waals surface area contributed by atoms with E-state index in [0.29, 0.717) is 17.1 Å². The van der Waals surface area contributed by atoms with Crippen LogP contribution in [-0.4, -0.2) is 23.0 Å². The van der Waals surface area contributed by atoms with E-state index in [0.717, 1.165) is 11.3 Å². The van der Waals surface area contributed by atoms with Crippen molar-refractivity contribution >= 4 is 29.5 Å². The van der Waals surface area contributed by atoms with E-state index in [9.17, 15) is 4.79 Å². The highest BCUT2D eigenvalue weighted by atomic mass is 32.1. The van der Waals surface area contributed by atoms with E-state index in [1.54, 1.807) is 18.3 Å². The van der Waals surface area contributed by atoms with Crippen LogP contribution in [0.25, 0.3) is 10.7 Å². The molecule has 6 heteroatoms. The summed E-state index contributed by atoms with van der Waals surface area (Å²) in [6, 6.07) is 4.08. The summed E-state index contributed by atoms with van der Waals surface area (Å²) in [5.74, 6) is 0.234. The largest absolute Gasteiger partial charge is 0.465 e. The maximum absolute atomic E-state index is 11.6. The van der Waals surface area contributed by atoms with Crippen LogP contribution < -0.4 is 0 Å². The third kappa shape index (κ3) is 2.74. The Labute approximate surface area is 120 Å². The van der Waals surface area contributed by atoms with Gasteiger partial charge in [0, 0.05) is 10.6 Å². The minimum atomic E-state index is -0.460. The zero-order valence-corrected chi connectivity index (χ0v) is 12.6. The zero-order chi connectivity index (χ0) is 14.0. The molecule has 0 aromatic carbocycles. The lowest BCUT2D eigenvalue weighted by Gasteiger charge is -2.06. The number of nitrogens with zero attached hydrogens (tertiary/aromatic N) is 1. The molecule has 100 valence electrons. The quantitative estimate of drug-likeness (QED) is 0.695. The summed E-state index contributed by atoms with van der Waals surface area (Å²) in [6.07, 6.45) is 0.991. The Morgan fingerprint density at radius 1 is 1.53 bits per heavy atom. The first-order valence-electron chi connectivity index (χ1n) is 5.85. The minimum Gasteiger partial charge on any atom is -0.465 e. The predicted molar refractivity (Wildman–Crippen MR) is 78.2 cm³/mol. The van der Waals surface area contributed by atoms with Gasteiger partial charge in [-0.3, -0.25) is 0 Å². The summed E-state index contributed by atoms with van der Waals surface area (Å²) < 4.78 is 4.97. The van der Waals surface area contributed by atoms with Gasteiger partial charge in [0.25, 0.3) is 0 Å². The monoisotopic (exact) mass is 294 g/mol. The molecule has 0 saturated heterocycles. The third-order valence-corrected chi connectivity index (χ3v) is 4.27. The Hall–Kier alpha value is -1.53. The van der Waals surface area contributed by atoms with Gasteiger partial charge < -0.3 is 9.72 Å². The lowest BCUT2D eigenvalue weighted by molar-refractivity contribution is 0.0598. The van der Waals surface area contributed by atoms with Gasteiger partial charge in [0.05, 0.1) is 12.0 Å². The molecule has 2 heterocycles. The first-order valence-corrected chi connectivity index (χ1v) is 7.07. The fourth-order valence-corrected chi connectivity index (χ4v) is 2.96. The first-order chi connectivity index (χ1) is 9.06. The van der Waals surface area contributed by atoms with Gasteiger partial charge >= 0.3 is 5.97 Å². The van der Waals surface area contributed by atoms with Crippen molar-refractivity contribution in [3.05, 3.63) is 32.9 Å². The number of hydrogen-bond acceptors (Lipinski definition) is 5. The number of carbonyl (C=O) groups is 1. The minimum absolute atomic E-state index is 0.268. The summed E-state index contributed by atoms with van der Waals surface area (Å²) in [5.41, 5.74) is 1.00. The van der Waals surface area contributed by atoms with Crippen LogP contribution in [0.3, 0.4) is 0 Å². The fraction of sp³-hybridized carbons (Fsp3) is 0.308. The Morgan fingerprint density at radius 2 is 2.26 bits per heavy atom. The SMILES string of the molecule is CCc1ccc(-c2nc(=S)c(C(=O)OC)c(C)[nH]2)s1. The topological polar surface area (TPSA) is 55.0 Å². The second-order valence-electron chi connectivity index (χ2n) is 4.00. The molecule has 0 fully saturated rings. The zero-order valence-electron chi connectivity index (χ0n) is 10.9. The fourth-order valence-electron chi connectivity index (χ4n) is 1.74. The maximum atomic E-state index is 11.6. The molecule has 0 amide bonds. The molecule has 0 spiro atoms. The van der Waals surface area contributed by atoms with E-state index in [2.05, 4.69) is 23.0 Å². The maximum Gasteiger partial charge on any atom is 0.342 e. The van der Waals surface area contributed by atoms with Gasteiger partial charge in [-0.2, -0.15) is 0 Å². The number of thiophene rings is 1. The van der Waals surface area contributed by atoms with Crippen LogP contribution in [0.1, 0.15) is 27.9 Å². The molecular formula is C13H14N2O2S2. The molecule has 0 aliphatic carbocycles. The van der Waals surface area contributed by atoms with Crippen molar-refractivity contribution in [1.29, 1.82) is 0 Å². The predicted octanol–water partition coefficient (Wildman–Crippen LogP) is 3.53. The van der Waals surface area contributed by atoms with E-state index in [1.807, 2.05) is 6.07 Å². The molecule has 0 atom stereocenters. The Morgan fingerprint density at radius 3 is 2.79 bits per heavy atom. The Balaban J connectivity index is 2.51. The van der Waals surface area contributed by atoms with Crippen LogP contribution in [0, 0.1) is 11.6 Å². The summed E-state index contributed by atoms with van der Waals surface area (Å²) in [6.45, 7) is 3.90. The van der Waals surface area contributed by atoms with Crippen LogP contribution in [0.5, 0.6) is 0 Å². The molecule has 19 heavy (non-hydrogen) atoms. The molecule has 2 aromatic heterocycles. The number of aryl methyl sites for hydroxylation is 2. The van der Waals surface area contributed by atoms with Crippen molar-refractivity contribution in [2.45, 2.75) is 20.3 Å². The summed E-state index contributed by atoms with van der Waals surface area (Å²) in [5, 5.41) is 0. The second-order valence-corrected chi connectivity index (χ2v) is 5.56. The number of methoxy groups -OCH3 is 1. The van der Waals surface area contributed by atoms with Crippen molar-refractivity contribution in [3.63, 3.8) is 0 Å². The standard InChI is InChI=1S/C13H14N2O2S2/c1-4-8-5-6-9(19-8)11-14-7(2)10(12(18)15-11)13(16)17-3/h5-6H,4H2,1-3H3,(H,14,15,18). The molecule has 0 bridgehead atoms. The van der Waals surface area contributed by atoms with Crippen LogP contribution in [-0.2, 0) is 11.2 Å². The molecule has 0 aliphatic heterocycles. The molecular weight excluding hydrogens is 280 g/mol. The average molecular weight is 294 g/mol. The summed E-state index contributed by atoms with van der Waals surface area (Å²) in [4.78, 5) is 21.3. The van der Waals surface area contributed by atoms with Gasteiger partial charge in [-0.15, -0.1) is 11.3 Å². The van der Waals surface area contributed by atoms with Crippen LogP contribution >= 0.6 is 23.6 Å². The lowest BCUT2D eigenvalue weighted by Crippen LogP contribution is -2.08. The first kappa shape index (κ1) is 13.9. The van der Waals surface area contributed by atoms with Crippen molar-refractivity contribution in [2.24, 2.45) is 0 Å². The van der Waals surface area contributed by atoms with E-state index in [1.165, 1.54) is 12.0 Å². The van der Waals surface area contributed by atoms with Gasteiger partial charge in [-0.1, -0.05) is 19.1 Å². The summed E-state index contributed by atoms with van der Waals surface area (Å²) in [7, 11) is 1.33. The van der Waals surface area contributed by atoms with Crippen molar-refractivity contribution in [1.82, 2.24) is 9.97 Å². The van der Waals surface area contributed by atoms with Crippen LogP contribution in [0.4, 0.5) is 0 Å². The van der Waals surface area contributed by atoms with Gasteiger partial charge in [0.15, 0.2) is 0 Å². The Kier molecular flexibility index (Phi) is 4.11. The highest BCUT2D eigenvalue weighted by Gasteiger charge is 2.15. The number of H-pyrrole nitrogens is 1. The molecule has 0 saturated carbocycles. The van der Waals surface area contributed by atoms with Gasteiger partial charge in [-0.05, 0) is 25.5 Å². The number of esters is 1. The van der Waals surface area contributed by atoms with E-state index < -0.39 is 5.97 Å². The number of nitrogens with one attached hydrogen (secondary N) is 1. The molecule has 2 aromatic rings. The Bertz CT molecular complexity index is 674. The number of rotatable bonds is 3. The van der Waals surface area contributed by atoms with E-state index >= 15 is 0 Å². The van der Waals surface area contributed by atoms with E-state index in [4.69, 9.17) is 17.0 Å². The molecule has 4 nitrogen and oxygen atoms in total. The normalized spacial score (nSPS) is 10.5. The van der Waals surface area contributed by atoms with Crippen molar-refractivity contribution in [3.8, 4) is 10.7 Å². The number of aromatic nitrogens is 2. The second kappa shape index (κ2) is 5.63. The molecule has 2 rings (SSSR count). The lowest BCUT2D eigenvalue weighted by atomic mass is 10.2. The number of carbonyl (C=O) groups excluding carboxylic acids is 1. The molecule has 1 N–H and O–H groups in total. The summed E-state index contributed by atoms with van der Waals surface area (Å²) >= 11 is 6.84. The van der Waals surface area contributed by atoms with Crippen LogP contribution in [0.15, 0.2) is 12.1 Å². The highest BCUT2D eigenvalue weighted by molar-refractivity contribution is 7.71. The molecule has 0 unspecified atom stereocenters. The molecule has 0 aliphatic rings. The molecule has 0 radical (unpaired) electrons. The number of aromatic amines is 1. The van der Waals surface area contributed by atoms with Crippen molar-refractivity contribution < 1.29 is 9.53 Å². The number of ether oxygens (including phenoxy) is 1. The number of hydrogen-bond donors (Lipinski definition) is 1. The van der Waals surface area contributed by atoms with Gasteiger partial charge in [0.2, 0.25) is 0 Å². The van der Waals surface area contributed by atoms with Gasteiger partial charge in [0.1, 0.15) is 16.0 Å². The van der Waals surface area contributed by atoms with Gasteiger partial charge in [-0.25, -0.2) is 9.78 Å².